The Balaban J connectivity index is 1.26. The average molecular weight is 493 g/mol. The summed E-state index contributed by atoms with van der Waals surface area (Å²) in [4.78, 5) is 29.3. The lowest BCUT2D eigenvalue weighted by atomic mass is 9.87. The molecule has 4 heterocycles. The highest BCUT2D eigenvalue weighted by molar-refractivity contribution is 7.13. The van der Waals surface area contributed by atoms with E-state index in [0.717, 1.165) is 62.4 Å². The van der Waals surface area contributed by atoms with Gasteiger partial charge in [-0.25, -0.2) is 9.97 Å². The highest BCUT2D eigenvalue weighted by Crippen LogP contribution is 2.35. The predicted octanol–water partition coefficient (Wildman–Crippen LogP) is 4.93. The van der Waals surface area contributed by atoms with E-state index in [1.54, 1.807) is 6.20 Å². The number of H-pyrrole nitrogens is 1. The molecule has 10 heteroatoms. The van der Waals surface area contributed by atoms with Gasteiger partial charge in [-0.2, -0.15) is 10.1 Å². The number of hydrogen-bond acceptors (Lipinski definition) is 8. The van der Waals surface area contributed by atoms with Crippen molar-refractivity contribution >= 4 is 40.0 Å². The summed E-state index contributed by atoms with van der Waals surface area (Å²) in [5.41, 5.74) is 3.48. The van der Waals surface area contributed by atoms with Gasteiger partial charge < -0.3 is 15.5 Å². The first-order chi connectivity index (χ1) is 17.2. The Morgan fingerprint density at radius 1 is 1.06 bits per heavy atom. The van der Waals surface area contributed by atoms with Gasteiger partial charge in [0.2, 0.25) is 11.9 Å². The Bertz CT molecular complexity index is 1170. The van der Waals surface area contributed by atoms with E-state index >= 15 is 0 Å². The van der Waals surface area contributed by atoms with Crippen LogP contribution in [-0.4, -0.2) is 43.6 Å². The monoisotopic (exact) mass is 492 g/mol. The molecule has 3 N–H and O–H groups in total. The van der Waals surface area contributed by atoms with Crippen molar-refractivity contribution in [3.63, 3.8) is 0 Å². The Hall–Kier alpha value is -3.01. The second-order valence-corrected chi connectivity index (χ2v) is 10.7. The van der Waals surface area contributed by atoms with Gasteiger partial charge in [0, 0.05) is 41.4 Å². The van der Waals surface area contributed by atoms with E-state index < -0.39 is 0 Å². The Morgan fingerprint density at radius 2 is 1.94 bits per heavy atom. The van der Waals surface area contributed by atoms with Crippen LogP contribution < -0.4 is 15.5 Å². The van der Waals surface area contributed by atoms with E-state index in [9.17, 15) is 4.79 Å². The minimum Gasteiger partial charge on any atom is -0.329 e. The summed E-state index contributed by atoms with van der Waals surface area (Å²) >= 11 is 1.43. The van der Waals surface area contributed by atoms with Crippen LogP contribution in [0.2, 0.25) is 0 Å². The first-order valence-corrected chi connectivity index (χ1v) is 13.8. The third-order valence-corrected chi connectivity index (χ3v) is 8.22. The van der Waals surface area contributed by atoms with Crippen molar-refractivity contribution in [3.8, 4) is 0 Å². The number of thiazole rings is 1. The van der Waals surface area contributed by atoms with Crippen LogP contribution in [0.4, 0.5) is 22.7 Å². The number of aryl methyl sites for hydroxylation is 1. The molecule has 3 aromatic heterocycles. The number of piperidine rings is 1. The third-order valence-electron chi connectivity index (χ3n) is 7.54. The summed E-state index contributed by atoms with van der Waals surface area (Å²) in [6.45, 7) is 0.766. The predicted molar refractivity (Wildman–Crippen MR) is 137 cm³/mol. The maximum Gasteiger partial charge on any atom is 0.248 e. The summed E-state index contributed by atoms with van der Waals surface area (Å²) in [5.74, 6) is 2.80. The van der Waals surface area contributed by atoms with Crippen molar-refractivity contribution in [2.45, 2.75) is 82.6 Å². The SMILES string of the molecule is O=C(Nc1nccs1)[C@@H]1CCCCN1c1nc2c(c(Nc3cc(C4CCCCC4)[nH]n3)n1)CCC2. The zero-order valence-electron chi connectivity index (χ0n) is 19.9. The summed E-state index contributed by atoms with van der Waals surface area (Å²) < 4.78 is 0. The molecule has 0 radical (unpaired) electrons. The minimum atomic E-state index is -0.303. The summed E-state index contributed by atoms with van der Waals surface area (Å²) in [5, 5.41) is 16.8. The lowest BCUT2D eigenvalue weighted by Gasteiger charge is -2.35. The number of nitrogens with one attached hydrogen (secondary N) is 3. The maximum atomic E-state index is 13.1. The lowest BCUT2D eigenvalue weighted by molar-refractivity contribution is -0.117. The van der Waals surface area contributed by atoms with Crippen LogP contribution in [0.15, 0.2) is 17.6 Å². The van der Waals surface area contributed by atoms with E-state index in [1.165, 1.54) is 54.7 Å². The highest BCUT2D eigenvalue weighted by atomic mass is 32.1. The van der Waals surface area contributed by atoms with Gasteiger partial charge in [-0.15, -0.1) is 11.3 Å². The molecule has 35 heavy (non-hydrogen) atoms. The molecule has 6 rings (SSSR count). The number of hydrogen-bond donors (Lipinski definition) is 3. The van der Waals surface area contributed by atoms with Crippen molar-refractivity contribution in [3.05, 3.63) is 34.6 Å². The van der Waals surface area contributed by atoms with Crippen LogP contribution in [-0.2, 0) is 17.6 Å². The molecule has 1 amide bonds. The van der Waals surface area contributed by atoms with Gasteiger partial charge in [0.25, 0.3) is 0 Å². The van der Waals surface area contributed by atoms with E-state index in [1.807, 2.05) is 5.38 Å². The molecule has 3 aliphatic rings. The molecular weight excluding hydrogens is 460 g/mol. The van der Waals surface area contributed by atoms with Crippen molar-refractivity contribution < 1.29 is 4.79 Å². The lowest BCUT2D eigenvalue weighted by Crippen LogP contribution is -2.48. The van der Waals surface area contributed by atoms with E-state index in [0.29, 0.717) is 17.0 Å². The fourth-order valence-corrected chi connectivity index (χ4v) is 6.25. The molecular formula is C25H32N8OS. The molecule has 9 nitrogen and oxygen atoms in total. The van der Waals surface area contributed by atoms with Gasteiger partial charge in [-0.1, -0.05) is 19.3 Å². The second kappa shape index (κ2) is 9.93. The van der Waals surface area contributed by atoms with Crippen molar-refractivity contribution in [1.29, 1.82) is 0 Å². The van der Waals surface area contributed by atoms with Crippen LogP contribution in [0.3, 0.4) is 0 Å². The highest BCUT2D eigenvalue weighted by Gasteiger charge is 2.33. The molecule has 0 unspecified atom stereocenters. The van der Waals surface area contributed by atoms with Crippen molar-refractivity contribution in [2.24, 2.45) is 0 Å². The molecule has 1 atom stereocenters. The summed E-state index contributed by atoms with van der Waals surface area (Å²) in [6.07, 6.45) is 13.9. The van der Waals surface area contributed by atoms with Gasteiger partial charge in [-0.3, -0.25) is 9.89 Å². The topological polar surface area (TPSA) is 112 Å². The molecule has 3 aromatic rings. The van der Waals surface area contributed by atoms with Gasteiger partial charge in [-0.05, 0) is 51.4 Å². The number of fused-ring (bicyclic) bond motifs is 1. The van der Waals surface area contributed by atoms with E-state index in [-0.39, 0.29) is 11.9 Å². The number of carbonyl (C=O) groups is 1. The van der Waals surface area contributed by atoms with Gasteiger partial charge in [0.05, 0.1) is 5.69 Å². The van der Waals surface area contributed by atoms with Crippen molar-refractivity contribution in [1.82, 2.24) is 25.1 Å². The van der Waals surface area contributed by atoms with Crippen LogP contribution >= 0.6 is 11.3 Å². The number of nitrogens with zero attached hydrogens (tertiary/aromatic N) is 5. The quantitative estimate of drug-likeness (QED) is 0.447. The van der Waals surface area contributed by atoms with Crippen LogP contribution in [0.1, 0.15) is 80.7 Å². The molecule has 1 saturated heterocycles. The molecule has 0 bridgehead atoms. The fourth-order valence-electron chi connectivity index (χ4n) is 5.71. The van der Waals surface area contributed by atoms with Crippen molar-refractivity contribution in [2.75, 3.05) is 22.1 Å². The molecule has 0 spiro atoms. The number of carbonyl (C=O) groups excluding carboxylic acids is 1. The largest absolute Gasteiger partial charge is 0.329 e. The van der Waals surface area contributed by atoms with Crippen LogP contribution in [0.25, 0.3) is 0 Å². The van der Waals surface area contributed by atoms with E-state index in [4.69, 9.17) is 9.97 Å². The van der Waals surface area contributed by atoms with Crippen LogP contribution in [0.5, 0.6) is 0 Å². The molecule has 2 fully saturated rings. The zero-order valence-corrected chi connectivity index (χ0v) is 20.7. The van der Waals surface area contributed by atoms with Gasteiger partial charge >= 0.3 is 0 Å². The van der Waals surface area contributed by atoms with Gasteiger partial charge in [0.15, 0.2) is 10.9 Å². The molecule has 2 aliphatic carbocycles. The van der Waals surface area contributed by atoms with Gasteiger partial charge in [0.1, 0.15) is 11.9 Å². The van der Waals surface area contributed by atoms with Crippen LogP contribution in [0, 0.1) is 0 Å². The Morgan fingerprint density at radius 3 is 2.80 bits per heavy atom. The number of aromatic amines is 1. The number of anilines is 4. The number of rotatable bonds is 6. The normalized spacial score (nSPS) is 20.6. The Kier molecular flexibility index (Phi) is 6.37. The molecule has 0 aromatic carbocycles. The maximum absolute atomic E-state index is 13.1. The molecule has 1 aliphatic heterocycles. The minimum absolute atomic E-state index is 0.0392. The molecule has 1 saturated carbocycles. The number of amides is 1. The fraction of sp³-hybridized carbons (Fsp3) is 0.560. The standard InChI is InChI=1S/C25H32N8OS/c34-23(30-25-26-12-14-35-25)20-11-4-5-13-33(20)24-27-18-10-6-9-17(18)22(29-24)28-21-15-19(31-32-21)16-7-2-1-3-8-16/h12,14-16,20H,1-11,13H2,(H,26,30,34)(H2,27,28,29,31,32)/t20-/m0/s1. The summed E-state index contributed by atoms with van der Waals surface area (Å²) in [6, 6.07) is 1.84. The number of aromatic nitrogens is 5. The zero-order chi connectivity index (χ0) is 23.6. The Labute approximate surface area is 209 Å². The average Bonchev–Trinajstić information content (AvgIpc) is 3.67. The van der Waals surface area contributed by atoms with E-state index in [2.05, 4.69) is 36.8 Å². The molecule has 184 valence electrons. The smallest absolute Gasteiger partial charge is 0.248 e. The second-order valence-electron chi connectivity index (χ2n) is 9.85. The third kappa shape index (κ3) is 4.76. The summed E-state index contributed by atoms with van der Waals surface area (Å²) in [7, 11) is 0. The first kappa shape index (κ1) is 22.5. The first-order valence-electron chi connectivity index (χ1n) is 12.9.